The van der Waals surface area contributed by atoms with Crippen LogP contribution in [0.2, 0.25) is 0 Å². The molecule has 1 aromatic rings. The Morgan fingerprint density at radius 2 is 2.30 bits per heavy atom. The molecule has 0 radical (unpaired) electrons. The van der Waals surface area contributed by atoms with E-state index in [1.165, 1.54) is 24.8 Å². The third-order valence-corrected chi connectivity index (χ3v) is 5.23. The van der Waals surface area contributed by atoms with Crippen molar-refractivity contribution < 1.29 is 8.42 Å². The maximum Gasteiger partial charge on any atom is 0.243 e. The molecule has 5 nitrogen and oxygen atoms in total. The van der Waals surface area contributed by atoms with Crippen LogP contribution in [0.4, 0.5) is 0 Å². The fraction of sp³-hybridized carbons (Fsp3) is 0.571. The van der Waals surface area contributed by atoms with E-state index < -0.39 is 10.0 Å². The Balaban J connectivity index is 2.06. The third-order valence-electron chi connectivity index (χ3n) is 3.77. The molecule has 1 aliphatic carbocycles. The van der Waals surface area contributed by atoms with Crippen molar-refractivity contribution in [3.63, 3.8) is 0 Å². The lowest BCUT2D eigenvalue weighted by Crippen LogP contribution is -2.32. The smallest absolute Gasteiger partial charge is 0.243 e. The van der Waals surface area contributed by atoms with Gasteiger partial charge in [0.25, 0.3) is 0 Å². The Hall–Kier alpha value is -1.45. The maximum absolute atomic E-state index is 12.2. The van der Waals surface area contributed by atoms with Crippen molar-refractivity contribution in [1.82, 2.24) is 9.71 Å². The van der Waals surface area contributed by atoms with Crippen LogP contribution in [0.5, 0.6) is 0 Å². The number of hydrogen-bond donors (Lipinski definition) is 1. The van der Waals surface area contributed by atoms with Gasteiger partial charge in [-0.1, -0.05) is 19.8 Å². The van der Waals surface area contributed by atoms with Gasteiger partial charge >= 0.3 is 0 Å². The van der Waals surface area contributed by atoms with Crippen LogP contribution in [0.1, 0.15) is 38.3 Å². The Morgan fingerprint density at radius 1 is 1.50 bits per heavy atom. The van der Waals surface area contributed by atoms with E-state index in [9.17, 15) is 8.42 Å². The van der Waals surface area contributed by atoms with Gasteiger partial charge in [0.1, 0.15) is 11.0 Å². The summed E-state index contributed by atoms with van der Waals surface area (Å²) in [5.74, 6) is 1.04. The van der Waals surface area contributed by atoms with Crippen LogP contribution >= 0.6 is 0 Å². The van der Waals surface area contributed by atoms with Crippen molar-refractivity contribution >= 4 is 10.0 Å². The number of rotatable bonds is 4. The summed E-state index contributed by atoms with van der Waals surface area (Å²) >= 11 is 0. The zero-order valence-electron chi connectivity index (χ0n) is 11.5. The van der Waals surface area contributed by atoms with Gasteiger partial charge in [0.05, 0.1) is 0 Å². The van der Waals surface area contributed by atoms with E-state index in [0.717, 1.165) is 19.3 Å². The molecular weight excluding hydrogens is 274 g/mol. The van der Waals surface area contributed by atoms with Crippen LogP contribution in [0.3, 0.4) is 0 Å². The molecule has 1 heterocycles. The predicted octanol–water partition coefficient (Wildman–Crippen LogP) is 2.06. The first-order chi connectivity index (χ1) is 9.53. The van der Waals surface area contributed by atoms with Crippen molar-refractivity contribution in [1.29, 1.82) is 5.26 Å². The minimum Gasteiger partial charge on any atom is -0.244 e. The van der Waals surface area contributed by atoms with Crippen molar-refractivity contribution in [2.45, 2.75) is 37.5 Å². The summed E-state index contributed by atoms with van der Waals surface area (Å²) in [5.41, 5.74) is -0.0583. The van der Waals surface area contributed by atoms with Gasteiger partial charge in [-0.15, -0.1) is 0 Å². The molecule has 0 aromatic carbocycles. The second-order valence-corrected chi connectivity index (χ2v) is 7.19. The van der Waals surface area contributed by atoms with Crippen molar-refractivity contribution in [3.8, 4) is 6.07 Å². The number of nitrogens with one attached hydrogen (secondary N) is 1. The molecule has 1 aliphatic rings. The van der Waals surface area contributed by atoms with E-state index in [1.54, 1.807) is 0 Å². The van der Waals surface area contributed by atoms with E-state index in [-0.39, 0.29) is 10.6 Å². The van der Waals surface area contributed by atoms with E-state index in [1.807, 2.05) is 6.07 Å². The van der Waals surface area contributed by atoms with Gasteiger partial charge in [0, 0.05) is 12.7 Å². The van der Waals surface area contributed by atoms with Gasteiger partial charge in [0.15, 0.2) is 5.69 Å². The van der Waals surface area contributed by atoms with Crippen LogP contribution in [-0.4, -0.2) is 19.9 Å². The second-order valence-electron chi connectivity index (χ2n) is 5.45. The summed E-state index contributed by atoms with van der Waals surface area (Å²) < 4.78 is 27.1. The number of hydrogen-bond acceptors (Lipinski definition) is 4. The van der Waals surface area contributed by atoms with Crippen molar-refractivity contribution in [2.24, 2.45) is 11.8 Å². The zero-order valence-corrected chi connectivity index (χ0v) is 12.4. The lowest BCUT2D eigenvalue weighted by molar-refractivity contribution is 0.283. The molecule has 6 heteroatoms. The van der Waals surface area contributed by atoms with E-state index in [2.05, 4.69) is 16.6 Å². The molecule has 1 fully saturated rings. The monoisotopic (exact) mass is 293 g/mol. The molecule has 1 aromatic heterocycles. The molecule has 2 rings (SSSR count). The number of nitrogens with zero attached hydrogens (tertiary/aromatic N) is 2. The molecule has 0 saturated heterocycles. The molecule has 1 saturated carbocycles. The molecule has 0 amide bonds. The van der Waals surface area contributed by atoms with Gasteiger partial charge in [-0.3, -0.25) is 0 Å². The Morgan fingerprint density at radius 3 is 3.00 bits per heavy atom. The molecule has 0 aliphatic heterocycles. The van der Waals surface area contributed by atoms with Crippen LogP contribution in [0.25, 0.3) is 0 Å². The quantitative estimate of drug-likeness (QED) is 0.921. The van der Waals surface area contributed by atoms with Crippen LogP contribution < -0.4 is 4.72 Å². The van der Waals surface area contributed by atoms with Gasteiger partial charge < -0.3 is 0 Å². The predicted molar refractivity (Wildman–Crippen MR) is 75.3 cm³/mol. The highest BCUT2D eigenvalue weighted by molar-refractivity contribution is 7.89. The molecule has 2 unspecified atom stereocenters. The highest BCUT2D eigenvalue weighted by atomic mass is 32.2. The second kappa shape index (κ2) is 6.33. The maximum atomic E-state index is 12.2. The van der Waals surface area contributed by atoms with E-state index in [4.69, 9.17) is 5.26 Å². The lowest BCUT2D eigenvalue weighted by Gasteiger charge is -2.26. The van der Waals surface area contributed by atoms with Gasteiger partial charge in [-0.05, 0) is 36.8 Å². The standard InChI is InChI=1S/C14H19N3O2S/c1-11-4-2-5-12(8-11)10-17-20(18,19)14-6-3-7-16-13(14)9-15/h3,6-7,11-12,17H,2,4-5,8,10H2,1H3. The third kappa shape index (κ3) is 3.56. The normalized spacial score (nSPS) is 23.2. The minimum atomic E-state index is -3.65. The summed E-state index contributed by atoms with van der Waals surface area (Å²) in [5, 5.41) is 8.93. The first-order valence-corrected chi connectivity index (χ1v) is 8.36. The molecule has 0 spiro atoms. The van der Waals surface area contributed by atoms with Crippen LogP contribution in [0, 0.1) is 23.2 Å². The molecule has 0 bridgehead atoms. The summed E-state index contributed by atoms with van der Waals surface area (Å²) in [6, 6.07) is 4.76. The number of nitriles is 1. The largest absolute Gasteiger partial charge is 0.244 e. The van der Waals surface area contributed by atoms with Gasteiger partial charge in [0.2, 0.25) is 10.0 Å². The van der Waals surface area contributed by atoms with Crippen LogP contribution in [0.15, 0.2) is 23.2 Å². The molecule has 1 N–H and O–H groups in total. The van der Waals surface area contributed by atoms with Gasteiger partial charge in [-0.2, -0.15) is 5.26 Å². The highest BCUT2D eigenvalue weighted by Gasteiger charge is 2.23. The summed E-state index contributed by atoms with van der Waals surface area (Å²) in [4.78, 5) is 3.75. The number of pyridine rings is 1. The topological polar surface area (TPSA) is 82.8 Å². The fourth-order valence-corrected chi connectivity index (χ4v) is 3.96. The van der Waals surface area contributed by atoms with Crippen molar-refractivity contribution in [2.75, 3.05) is 6.54 Å². The first-order valence-electron chi connectivity index (χ1n) is 6.87. The first kappa shape index (κ1) is 14.9. The van der Waals surface area contributed by atoms with Crippen molar-refractivity contribution in [3.05, 3.63) is 24.0 Å². The summed E-state index contributed by atoms with van der Waals surface area (Å²) in [7, 11) is -3.65. The van der Waals surface area contributed by atoms with Gasteiger partial charge in [-0.25, -0.2) is 18.1 Å². The Bertz CT molecular complexity index is 607. The van der Waals surface area contributed by atoms with E-state index >= 15 is 0 Å². The highest BCUT2D eigenvalue weighted by Crippen LogP contribution is 2.28. The summed E-state index contributed by atoms with van der Waals surface area (Å²) in [6.07, 6.45) is 5.92. The average Bonchev–Trinajstić information content (AvgIpc) is 2.45. The lowest BCUT2D eigenvalue weighted by atomic mass is 9.83. The fourth-order valence-electron chi connectivity index (χ4n) is 2.74. The molecule has 20 heavy (non-hydrogen) atoms. The van der Waals surface area contributed by atoms with E-state index in [0.29, 0.717) is 18.4 Å². The molecule has 2 atom stereocenters. The van der Waals surface area contributed by atoms with Crippen LogP contribution in [-0.2, 0) is 10.0 Å². The minimum absolute atomic E-state index is 0.0358. The number of aromatic nitrogens is 1. The number of sulfonamides is 1. The Kier molecular flexibility index (Phi) is 4.73. The summed E-state index contributed by atoms with van der Waals surface area (Å²) in [6.45, 7) is 2.64. The SMILES string of the molecule is CC1CCCC(CNS(=O)(=O)c2cccnc2C#N)C1. The average molecular weight is 293 g/mol. The molecule has 108 valence electrons. The zero-order chi connectivity index (χ0) is 14.6. The Labute approximate surface area is 120 Å². The molecular formula is C14H19N3O2S.